The van der Waals surface area contributed by atoms with E-state index in [0.29, 0.717) is 12.3 Å². The Balaban J connectivity index is 0.000000275. The number of carboxylic acid groups (broad SMARTS) is 1. The average molecular weight is 726 g/mol. The number of aryl methyl sites for hydroxylation is 1. The molecule has 2 heterocycles. The molecule has 2 fully saturated rings. The van der Waals surface area contributed by atoms with Crippen LogP contribution in [0.5, 0.6) is 11.5 Å². The van der Waals surface area contributed by atoms with E-state index >= 15 is 0 Å². The number of primary amides is 1. The standard InChI is InChI=1S/C28H33NO4.C9H12F6N2O/c1-19-7-6-16-29(17-19)18-21-12-14-25(32-2)27(28(21)33-3)24-11-5-9-22-20(13-15-26(30)31)8-4-10-23(22)24;10-8(11,12)5-17-3-1-7(2-4-17,6(16)18)9(13,14)15/h4-5,8-12,14,19H,6-7,13,15-18H2,1-3H3,(H,30,31);1-5H2,(H2,16,18). The molecule has 3 aromatic carbocycles. The molecule has 1 amide bonds. The van der Waals surface area contributed by atoms with Crippen LogP contribution in [0.15, 0.2) is 48.5 Å². The highest BCUT2D eigenvalue weighted by Gasteiger charge is 2.60. The van der Waals surface area contributed by atoms with E-state index in [1.54, 1.807) is 14.2 Å². The van der Waals surface area contributed by atoms with Crippen molar-refractivity contribution in [2.45, 2.75) is 64.3 Å². The summed E-state index contributed by atoms with van der Waals surface area (Å²) in [6, 6.07) is 16.4. The Morgan fingerprint density at radius 2 is 1.57 bits per heavy atom. The van der Waals surface area contributed by atoms with Crippen LogP contribution in [-0.4, -0.2) is 86.1 Å². The number of carbonyl (C=O) groups is 2. The summed E-state index contributed by atoms with van der Waals surface area (Å²) < 4.78 is 86.3. The van der Waals surface area contributed by atoms with E-state index < -0.39 is 62.1 Å². The summed E-state index contributed by atoms with van der Waals surface area (Å²) in [4.78, 5) is 25.5. The lowest BCUT2D eigenvalue weighted by molar-refractivity contribution is -0.234. The number of halogens is 6. The molecule has 2 aliphatic heterocycles. The number of piperidine rings is 2. The van der Waals surface area contributed by atoms with E-state index in [-0.39, 0.29) is 6.42 Å². The van der Waals surface area contributed by atoms with Gasteiger partial charge in [-0.05, 0) is 85.6 Å². The van der Waals surface area contributed by atoms with Crippen molar-refractivity contribution in [3.63, 3.8) is 0 Å². The van der Waals surface area contributed by atoms with Crippen LogP contribution in [0.25, 0.3) is 21.9 Å². The van der Waals surface area contributed by atoms with Crippen LogP contribution in [0.4, 0.5) is 26.3 Å². The highest BCUT2D eigenvalue weighted by Crippen LogP contribution is 2.47. The molecule has 0 bridgehead atoms. The zero-order valence-corrected chi connectivity index (χ0v) is 29.0. The predicted octanol–water partition coefficient (Wildman–Crippen LogP) is 7.45. The van der Waals surface area contributed by atoms with Gasteiger partial charge in [-0.3, -0.25) is 19.4 Å². The van der Waals surface area contributed by atoms with E-state index in [9.17, 15) is 35.9 Å². The highest BCUT2D eigenvalue weighted by molar-refractivity contribution is 6.01. The normalized spacial score (nSPS) is 18.5. The molecule has 1 unspecified atom stereocenters. The number of hydrogen-bond donors (Lipinski definition) is 2. The Kier molecular flexibility index (Phi) is 12.9. The summed E-state index contributed by atoms with van der Waals surface area (Å²) in [7, 11) is 3.41. The SMILES string of the molecule is COc1ccc(CN2CCCC(C)C2)c(OC)c1-c1cccc2c(CCC(=O)O)cccc12.NC(=O)C1(C(F)(F)F)CCN(CC(F)(F)F)CC1. The number of likely N-dealkylation sites (tertiary alicyclic amines) is 2. The Hall–Kier alpha value is -4.04. The van der Waals surface area contributed by atoms with Crippen molar-refractivity contribution in [1.82, 2.24) is 9.80 Å². The summed E-state index contributed by atoms with van der Waals surface area (Å²) >= 11 is 0. The number of nitrogens with zero attached hydrogens (tertiary/aromatic N) is 2. The molecular weight excluding hydrogens is 680 g/mol. The summed E-state index contributed by atoms with van der Waals surface area (Å²) in [6.07, 6.45) is -7.63. The fraction of sp³-hybridized carbons (Fsp3) is 0.514. The molecule has 0 saturated carbocycles. The molecule has 3 N–H and O–H groups in total. The minimum Gasteiger partial charge on any atom is -0.496 e. The van der Waals surface area contributed by atoms with Crippen LogP contribution in [0.2, 0.25) is 0 Å². The van der Waals surface area contributed by atoms with Crippen molar-refractivity contribution in [3.05, 3.63) is 59.7 Å². The van der Waals surface area contributed by atoms with Crippen molar-refractivity contribution in [2.75, 3.05) is 46.9 Å². The minimum absolute atomic E-state index is 0.111. The number of carboxylic acids is 1. The zero-order valence-electron chi connectivity index (χ0n) is 29.0. The molecule has 2 aliphatic rings. The maximum atomic E-state index is 12.8. The molecule has 0 aromatic heterocycles. The van der Waals surface area contributed by atoms with Crippen molar-refractivity contribution in [2.24, 2.45) is 17.1 Å². The van der Waals surface area contributed by atoms with Crippen molar-refractivity contribution < 1.29 is 50.5 Å². The van der Waals surface area contributed by atoms with Crippen molar-refractivity contribution >= 4 is 22.6 Å². The van der Waals surface area contributed by atoms with Gasteiger partial charge in [0.2, 0.25) is 5.91 Å². The molecular formula is C37H45F6N3O5. The Bertz CT molecular complexity index is 1670. The first kappa shape index (κ1) is 39.7. The molecule has 14 heteroatoms. The van der Waals surface area contributed by atoms with Crippen molar-refractivity contribution in [3.8, 4) is 22.6 Å². The van der Waals surface area contributed by atoms with Gasteiger partial charge in [-0.1, -0.05) is 49.4 Å². The molecule has 8 nitrogen and oxygen atoms in total. The van der Waals surface area contributed by atoms with E-state index in [1.807, 2.05) is 24.3 Å². The van der Waals surface area contributed by atoms with E-state index in [1.165, 1.54) is 12.8 Å². The third-order valence-corrected chi connectivity index (χ3v) is 9.78. The van der Waals surface area contributed by atoms with Gasteiger partial charge in [0.05, 0.1) is 26.3 Å². The van der Waals surface area contributed by atoms with Gasteiger partial charge < -0.3 is 20.3 Å². The Morgan fingerprint density at radius 1 is 0.902 bits per heavy atom. The van der Waals surface area contributed by atoms with Crippen LogP contribution in [0.1, 0.15) is 50.2 Å². The van der Waals surface area contributed by atoms with Crippen LogP contribution in [0, 0.1) is 11.3 Å². The first-order valence-corrected chi connectivity index (χ1v) is 16.8. The second-order valence-electron chi connectivity index (χ2n) is 13.4. The average Bonchev–Trinajstić information content (AvgIpc) is 3.06. The summed E-state index contributed by atoms with van der Waals surface area (Å²) in [5.41, 5.74) is 6.23. The van der Waals surface area contributed by atoms with Gasteiger partial charge in [-0.25, -0.2) is 0 Å². The fourth-order valence-electron chi connectivity index (χ4n) is 7.13. The summed E-state index contributed by atoms with van der Waals surface area (Å²) in [5, 5.41) is 11.3. The molecule has 0 radical (unpaired) electrons. The van der Waals surface area contributed by atoms with Crippen LogP contribution >= 0.6 is 0 Å². The maximum absolute atomic E-state index is 12.8. The molecule has 51 heavy (non-hydrogen) atoms. The molecule has 0 spiro atoms. The zero-order chi connectivity index (χ0) is 37.6. The smallest absolute Gasteiger partial charge is 0.403 e. The molecule has 1 atom stereocenters. The molecule has 280 valence electrons. The second kappa shape index (κ2) is 16.5. The van der Waals surface area contributed by atoms with Gasteiger partial charge in [-0.2, -0.15) is 26.3 Å². The lowest BCUT2D eigenvalue weighted by Crippen LogP contribution is -2.56. The lowest BCUT2D eigenvalue weighted by Gasteiger charge is -2.40. The summed E-state index contributed by atoms with van der Waals surface area (Å²) in [5.74, 6) is 0.0136. The summed E-state index contributed by atoms with van der Waals surface area (Å²) in [6.45, 7) is 3.19. The number of methoxy groups -OCH3 is 2. The van der Waals surface area contributed by atoms with Crippen LogP contribution in [-0.2, 0) is 22.6 Å². The number of alkyl halides is 6. The number of amides is 1. The number of ether oxygens (including phenoxy) is 2. The number of hydrogen-bond acceptors (Lipinski definition) is 6. The number of rotatable bonds is 10. The fourth-order valence-corrected chi connectivity index (χ4v) is 7.13. The maximum Gasteiger partial charge on any atom is 0.403 e. The van der Waals surface area contributed by atoms with E-state index in [4.69, 9.17) is 20.3 Å². The lowest BCUT2D eigenvalue weighted by atomic mass is 9.77. The van der Waals surface area contributed by atoms with Gasteiger partial charge in [0.15, 0.2) is 0 Å². The third-order valence-electron chi connectivity index (χ3n) is 9.78. The first-order valence-electron chi connectivity index (χ1n) is 16.8. The van der Waals surface area contributed by atoms with Gasteiger partial charge in [0.1, 0.15) is 16.9 Å². The molecule has 3 aromatic rings. The van der Waals surface area contributed by atoms with Gasteiger partial charge in [0, 0.05) is 25.1 Å². The number of nitrogens with two attached hydrogens (primary N) is 1. The highest BCUT2D eigenvalue weighted by atomic mass is 19.4. The van der Waals surface area contributed by atoms with Gasteiger partial charge in [-0.15, -0.1) is 0 Å². The van der Waals surface area contributed by atoms with E-state index in [2.05, 4.69) is 36.1 Å². The predicted molar refractivity (Wildman–Crippen MR) is 182 cm³/mol. The van der Waals surface area contributed by atoms with E-state index in [0.717, 1.165) is 69.1 Å². The largest absolute Gasteiger partial charge is 0.496 e. The van der Waals surface area contributed by atoms with Crippen molar-refractivity contribution in [1.29, 1.82) is 0 Å². The number of carbonyl (C=O) groups excluding carboxylic acids is 1. The number of fused-ring (bicyclic) bond motifs is 1. The van der Waals surface area contributed by atoms with Crippen LogP contribution in [0.3, 0.4) is 0 Å². The Labute approximate surface area is 293 Å². The quantitative estimate of drug-likeness (QED) is 0.209. The molecule has 2 saturated heterocycles. The number of benzene rings is 3. The number of aliphatic carboxylic acids is 1. The third kappa shape index (κ3) is 9.65. The Morgan fingerprint density at radius 3 is 2.14 bits per heavy atom. The monoisotopic (exact) mass is 725 g/mol. The topological polar surface area (TPSA) is 105 Å². The second-order valence-corrected chi connectivity index (χ2v) is 13.4. The molecule has 0 aliphatic carbocycles. The van der Waals surface area contributed by atoms with Gasteiger partial charge in [0.25, 0.3) is 0 Å². The van der Waals surface area contributed by atoms with Gasteiger partial charge >= 0.3 is 18.3 Å². The molecule has 5 rings (SSSR count). The minimum atomic E-state index is -4.83. The first-order chi connectivity index (χ1) is 24.0. The van der Waals surface area contributed by atoms with Crippen LogP contribution < -0.4 is 15.2 Å².